The summed E-state index contributed by atoms with van der Waals surface area (Å²) in [5.74, 6) is -0.0299. The van der Waals surface area contributed by atoms with Gasteiger partial charge in [-0.2, -0.15) is 0 Å². The maximum Gasteiger partial charge on any atom is 0.178 e. The molecule has 0 radical (unpaired) electrons. The lowest BCUT2D eigenvalue weighted by Gasteiger charge is -2.10. The summed E-state index contributed by atoms with van der Waals surface area (Å²) in [7, 11) is -3.36. The fraction of sp³-hybridized carbons (Fsp3) is 0.143. The summed E-state index contributed by atoms with van der Waals surface area (Å²) >= 11 is 0. The van der Waals surface area contributed by atoms with Gasteiger partial charge in [-0.15, -0.1) is 0 Å². The molecule has 0 fully saturated rings. The first-order valence-electron chi connectivity index (χ1n) is 5.66. The van der Waals surface area contributed by atoms with Crippen LogP contribution in [0.15, 0.2) is 53.4 Å². The number of phenols is 1. The molecular weight excluding hydrogens is 248 g/mol. The first kappa shape index (κ1) is 12.6. The molecule has 0 spiro atoms. The molecule has 0 aliphatic rings. The van der Waals surface area contributed by atoms with Crippen LogP contribution in [-0.2, 0) is 9.84 Å². The Kier molecular flexibility index (Phi) is 3.39. The SMILES string of the molecule is CCS(=O)(=O)c1cc(O)ccc1-c1ccccc1. The van der Waals surface area contributed by atoms with Crippen molar-refractivity contribution in [3.05, 3.63) is 48.5 Å². The van der Waals surface area contributed by atoms with Crippen LogP contribution in [0.3, 0.4) is 0 Å². The average molecular weight is 262 g/mol. The zero-order valence-electron chi connectivity index (χ0n) is 10.00. The normalized spacial score (nSPS) is 11.4. The first-order chi connectivity index (χ1) is 8.54. The molecular formula is C14H14O3S. The summed E-state index contributed by atoms with van der Waals surface area (Å²) in [6.07, 6.45) is 0. The number of sulfone groups is 1. The van der Waals surface area contributed by atoms with Crippen molar-refractivity contribution in [1.82, 2.24) is 0 Å². The summed E-state index contributed by atoms with van der Waals surface area (Å²) in [6, 6.07) is 13.7. The van der Waals surface area contributed by atoms with Crippen molar-refractivity contribution in [2.75, 3.05) is 5.75 Å². The lowest BCUT2D eigenvalue weighted by molar-refractivity contribution is 0.473. The Morgan fingerprint density at radius 3 is 2.33 bits per heavy atom. The Morgan fingerprint density at radius 2 is 1.72 bits per heavy atom. The molecule has 2 rings (SSSR count). The zero-order chi connectivity index (χ0) is 13.2. The predicted octanol–water partition coefficient (Wildman–Crippen LogP) is 2.85. The monoisotopic (exact) mass is 262 g/mol. The smallest absolute Gasteiger partial charge is 0.178 e. The third kappa shape index (κ3) is 2.38. The minimum absolute atomic E-state index is 0.0102. The molecule has 0 bridgehead atoms. The van der Waals surface area contributed by atoms with Gasteiger partial charge in [-0.1, -0.05) is 37.3 Å². The number of benzene rings is 2. The Balaban J connectivity index is 2.70. The molecule has 2 aromatic rings. The molecule has 4 heteroatoms. The summed E-state index contributed by atoms with van der Waals surface area (Å²) in [5.41, 5.74) is 1.44. The van der Waals surface area contributed by atoms with Gasteiger partial charge in [0.1, 0.15) is 5.75 Å². The largest absolute Gasteiger partial charge is 0.508 e. The molecule has 0 aromatic heterocycles. The molecule has 0 saturated heterocycles. The maximum absolute atomic E-state index is 12.0. The molecule has 3 nitrogen and oxygen atoms in total. The van der Waals surface area contributed by atoms with Crippen molar-refractivity contribution >= 4 is 9.84 Å². The van der Waals surface area contributed by atoms with Gasteiger partial charge in [-0.05, 0) is 23.8 Å². The second-order valence-corrected chi connectivity index (χ2v) is 6.20. The topological polar surface area (TPSA) is 54.4 Å². The van der Waals surface area contributed by atoms with E-state index in [1.165, 1.54) is 12.1 Å². The van der Waals surface area contributed by atoms with Crippen molar-refractivity contribution in [2.45, 2.75) is 11.8 Å². The summed E-state index contributed by atoms with van der Waals surface area (Å²) in [5, 5.41) is 9.48. The Bertz CT molecular complexity index is 646. The van der Waals surface area contributed by atoms with Gasteiger partial charge < -0.3 is 5.11 Å². The van der Waals surface area contributed by atoms with Crippen molar-refractivity contribution in [2.24, 2.45) is 0 Å². The van der Waals surface area contributed by atoms with Crippen LogP contribution >= 0.6 is 0 Å². The third-order valence-corrected chi connectivity index (χ3v) is 4.53. The number of hydrogen-bond acceptors (Lipinski definition) is 3. The zero-order valence-corrected chi connectivity index (χ0v) is 10.8. The quantitative estimate of drug-likeness (QED) is 0.925. The number of hydrogen-bond donors (Lipinski definition) is 1. The summed E-state index contributed by atoms with van der Waals surface area (Å²) < 4.78 is 24.1. The Labute approximate surface area is 107 Å². The van der Waals surface area contributed by atoms with Crippen molar-refractivity contribution < 1.29 is 13.5 Å². The number of rotatable bonds is 3. The lowest BCUT2D eigenvalue weighted by Crippen LogP contribution is -2.05. The molecule has 0 aliphatic carbocycles. The Hall–Kier alpha value is -1.81. The van der Waals surface area contributed by atoms with Crippen molar-refractivity contribution in [3.8, 4) is 16.9 Å². The van der Waals surface area contributed by atoms with E-state index < -0.39 is 9.84 Å². The second kappa shape index (κ2) is 4.82. The maximum atomic E-state index is 12.0. The van der Waals surface area contributed by atoms with E-state index in [2.05, 4.69) is 0 Å². The van der Waals surface area contributed by atoms with E-state index in [4.69, 9.17) is 0 Å². The molecule has 1 N–H and O–H groups in total. The van der Waals surface area contributed by atoms with Gasteiger partial charge in [0.25, 0.3) is 0 Å². The fourth-order valence-corrected chi connectivity index (χ4v) is 2.91. The van der Waals surface area contributed by atoms with Crippen LogP contribution < -0.4 is 0 Å². The molecule has 0 heterocycles. The first-order valence-corrected chi connectivity index (χ1v) is 7.31. The average Bonchev–Trinajstić information content (AvgIpc) is 2.39. The second-order valence-electron chi connectivity index (χ2n) is 3.95. The molecule has 0 amide bonds. The van der Waals surface area contributed by atoms with Crippen LogP contribution in [0.5, 0.6) is 5.75 Å². The highest BCUT2D eigenvalue weighted by molar-refractivity contribution is 7.91. The van der Waals surface area contributed by atoms with Gasteiger partial charge >= 0.3 is 0 Å². The fourth-order valence-electron chi connectivity index (χ4n) is 1.78. The van der Waals surface area contributed by atoms with E-state index >= 15 is 0 Å². The van der Waals surface area contributed by atoms with Crippen LogP contribution in [0.1, 0.15) is 6.92 Å². The van der Waals surface area contributed by atoms with Crippen LogP contribution in [0.2, 0.25) is 0 Å². The lowest BCUT2D eigenvalue weighted by atomic mass is 10.1. The van der Waals surface area contributed by atoms with Gasteiger partial charge in [0.15, 0.2) is 9.84 Å². The predicted molar refractivity (Wildman–Crippen MR) is 71.3 cm³/mol. The van der Waals surface area contributed by atoms with E-state index in [-0.39, 0.29) is 16.4 Å². The summed E-state index contributed by atoms with van der Waals surface area (Å²) in [6.45, 7) is 1.59. The van der Waals surface area contributed by atoms with E-state index in [1.807, 2.05) is 30.3 Å². The number of aromatic hydroxyl groups is 1. The molecule has 2 aromatic carbocycles. The minimum atomic E-state index is -3.36. The highest BCUT2D eigenvalue weighted by Crippen LogP contribution is 2.30. The van der Waals surface area contributed by atoms with Crippen LogP contribution in [-0.4, -0.2) is 19.3 Å². The van der Waals surface area contributed by atoms with Crippen molar-refractivity contribution in [3.63, 3.8) is 0 Å². The molecule has 94 valence electrons. The van der Waals surface area contributed by atoms with E-state index in [0.717, 1.165) is 5.56 Å². The number of phenolic OH excluding ortho intramolecular Hbond substituents is 1. The van der Waals surface area contributed by atoms with Crippen LogP contribution in [0, 0.1) is 0 Å². The molecule has 0 aliphatic heterocycles. The van der Waals surface area contributed by atoms with Crippen molar-refractivity contribution in [1.29, 1.82) is 0 Å². The summed E-state index contributed by atoms with van der Waals surface area (Å²) in [4.78, 5) is 0.177. The molecule has 0 unspecified atom stereocenters. The van der Waals surface area contributed by atoms with Crippen LogP contribution in [0.4, 0.5) is 0 Å². The molecule has 0 saturated carbocycles. The Morgan fingerprint density at radius 1 is 1.06 bits per heavy atom. The van der Waals surface area contributed by atoms with Gasteiger partial charge in [0, 0.05) is 5.56 Å². The highest BCUT2D eigenvalue weighted by Gasteiger charge is 2.18. The standard InChI is InChI=1S/C14H14O3S/c1-2-18(16,17)14-10-12(15)8-9-13(14)11-6-4-3-5-7-11/h3-10,15H,2H2,1H3. The van der Waals surface area contributed by atoms with Gasteiger partial charge in [0.2, 0.25) is 0 Å². The van der Waals surface area contributed by atoms with E-state index in [0.29, 0.717) is 5.56 Å². The van der Waals surface area contributed by atoms with E-state index in [1.54, 1.807) is 13.0 Å². The van der Waals surface area contributed by atoms with Gasteiger partial charge in [0.05, 0.1) is 10.6 Å². The molecule has 0 atom stereocenters. The van der Waals surface area contributed by atoms with Gasteiger partial charge in [-0.25, -0.2) is 8.42 Å². The minimum Gasteiger partial charge on any atom is -0.508 e. The van der Waals surface area contributed by atoms with Crippen LogP contribution in [0.25, 0.3) is 11.1 Å². The molecule has 18 heavy (non-hydrogen) atoms. The third-order valence-electron chi connectivity index (χ3n) is 2.77. The van der Waals surface area contributed by atoms with E-state index in [9.17, 15) is 13.5 Å². The highest BCUT2D eigenvalue weighted by atomic mass is 32.2. The van der Waals surface area contributed by atoms with Gasteiger partial charge in [-0.3, -0.25) is 0 Å².